The third-order valence-corrected chi connectivity index (χ3v) is 6.33. The van der Waals surface area contributed by atoms with Crippen molar-refractivity contribution in [1.82, 2.24) is 5.32 Å². The standard InChI is InChI=1S/C21H24ClN3/c1-13-4-5-19(22)20(7-13)24-16-8-14-3-2-6-25-12-15-10-23-11-18(15)17(9-16)21(14)25/h4-5,7-9,15,18,23-24H,2-3,6,10-12H2,1H3. The Kier molecular flexibility index (Phi) is 3.68. The van der Waals surface area contributed by atoms with Crippen LogP contribution in [0.1, 0.15) is 29.0 Å². The minimum absolute atomic E-state index is 0.651. The van der Waals surface area contributed by atoms with E-state index in [1.807, 2.05) is 6.07 Å². The Labute approximate surface area is 154 Å². The Morgan fingerprint density at radius 3 is 3.04 bits per heavy atom. The fourth-order valence-corrected chi connectivity index (χ4v) is 5.03. The number of nitrogens with zero attached hydrogens (tertiary/aromatic N) is 1. The van der Waals surface area contributed by atoms with Crippen LogP contribution < -0.4 is 15.5 Å². The van der Waals surface area contributed by atoms with E-state index < -0.39 is 0 Å². The van der Waals surface area contributed by atoms with Gasteiger partial charge in [0.2, 0.25) is 0 Å². The van der Waals surface area contributed by atoms with Gasteiger partial charge in [0.1, 0.15) is 0 Å². The van der Waals surface area contributed by atoms with E-state index in [9.17, 15) is 0 Å². The van der Waals surface area contributed by atoms with E-state index in [0.29, 0.717) is 5.92 Å². The normalized spacial score (nSPS) is 24.0. The van der Waals surface area contributed by atoms with Crippen molar-refractivity contribution in [3.05, 3.63) is 52.0 Å². The maximum Gasteiger partial charge on any atom is 0.0641 e. The second-order valence-corrected chi connectivity index (χ2v) is 8.16. The van der Waals surface area contributed by atoms with Gasteiger partial charge < -0.3 is 15.5 Å². The Morgan fingerprint density at radius 1 is 1.20 bits per heavy atom. The topological polar surface area (TPSA) is 27.3 Å². The van der Waals surface area contributed by atoms with Crippen LogP contribution in [-0.4, -0.2) is 26.2 Å². The molecule has 2 atom stereocenters. The SMILES string of the molecule is Cc1ccc(Cl)c(Nc2cc3c4c(c2)C2CNCC2CN4CCC3)c1. The number of rotatable bonds is 2. The number of fused-ring (bicyclic) bond motifs is 2. The molecule has 25 heavy (non-hydrogen) atoms. The number of anilines is 3. The van der Waals surface area contributed by atoms with Crippen molar-refractivity contribution >= 4 is 28.7 Å². The van der Waals surface area contributed by atoms with Gasteiger partial charge in [-0.15, -0.1) is 0 Å². The van der Waals surface area contributed by atoms with E-state index in [1.54, 1.807) is 0 Å². The molecule has 0 bridgehead atoms. The highest BCUT2D eigenvalue weighted by molar-refractivity contribution is 6.33. The number of hydrogen-bond acceptors (Lipinski definition) is 3. The summed E-state index contributed by atoms with van der Waals surface area (Å²) in [6.07, 6.45) is 2.44. The highest BCUT2D eigenvalue weighted by atomic mass is 35.5. The molecule has 2 aromatic carbocycles. The lowest BCUT2D eigenvalue weighted by atomic mass is 9.80. The summed E-state index contributed by atoms with van der Waals surface area (Å²) in [5.41, 5.74) is 7.95. The molecule has 1 saturated heterocycles. The molecule has 2 unspecified atom stereocenters. The molecule has 4 heteroatoms. The fourth-order valence-electron chi connectivity index (χ4n) is 4.87. The lowest BCUT2D eigenvalue weighted by Crippen LogP contribution is -2.41. The summed E-state index contributed by atoms with van der Waals surface area (Å²) in [5, 5.41) is 7.97. The van der Waals surface area contributed by atoms with Gasteiger partial charge in [0, 0.05) is 43.5 Å². The first-order chi connectivity index (χ1) is 12.2. The summed E-state index contributed by atoms with van der Waals surface area (Å²) in [6.45, 7) is 6.79. The molecule has 3 aliphatic heterocycles. The van der Waals surface area contributed by atoms with Gasteiger partial charge in [0.05, 0.1) is 10.7 Å². The molecule has 130 valence electrons. The zero-order valence-electron chi connectivity index (χ0n) is 14.6. The van der Waals surface area contributed by atoms with Crippen molar-refractivity contribution in [3.8, 4) is 0 Å². The molecule has 0 amide bonds. The average Bonchev–Trinajstić information content (AvgIpc) is 3.07. The van der Waals surface area contributed by atoms with Crippen molar-refractivity contribution in [1.29, 1.82) is 0 Å². The van der Waals surface area contributed by atoms with Crippen LogP contribution in [-0.2, 0) is 6.42 Å². The lowest BCUT2D eigenvalue weighted by molar-refractivity contribution is 0.470. The van der Waals surface area contributed by atoms with E-state index in [1.165, 1.54) is 54.0 Å². The molecule has 0 aliphatic carbocycles. The maximum atomic E-state index is 6.41. The van der Waals surface area contributed by atoms with Crippen LogP contribution in [0.15, 0.2) is 30.3 Å². The van der Waals surface area contributed by atoms with Crippen LogP contribution >= 0.6 is 11.6 Å². The van der Waals surface area contributed by atoms with Crippen LogP contribution in [0, 0.1) is 12.8 Å². The van der Waals surface area contributed by atoms with Crippen LogP contribution in [0.3, 0.4) is 0 Å². The summed E-state index contributed by atoms with van der Waals surface area (Å²) >= 11 is 6.41. The van der Waals surface area contributed by atoms with Crippen molar-refractivity contribution in [2.24, 2.45) is 5.92 Å². The summed E-state index contributed by atoms with van der Waals surface area (Å²) in [7, 11) is 0. The van der Waals surface area contributed by atoms with Gasteiger partial charge >= 0.3 is 0 Å². The summed E-state index contributed by atoms with van der Waals surface area (Å²) in [5.74, 6) is 1.40. The van der Waals surface area contributed by atoms with E-state index >= 15 is 0 Å². The van der Waals surface area contributed by atoms with Gasteiger partial charge in [-0.25, -0.2) is 0 Å². The van der Waals surface area contributed by atoms with E-state index in [2.05, 4.69) is 46.7 Å². The predicted molar refractivity (Wildman–Crippen MR) is 106 cm³/mol. The number of halogens is 1. The Morgan fingerprint density at radius 2 is 2.12 bits per heavy atom. The number of aryl methyl sites for hydroxylation is 2. The number of nitrogens with one attached hydrogen (secondary N) is 2. The van der Waals surface area contributed by atoms with E-state index in [4.69, 9.17) is 11.6 Å². The zero-order chi connectivity index (χ0) is 17.0. The van der Waals surface area contributed by atoms with Gasteiger partial charge in [-0.3, -0.25) is 0 Å². The summed E-state index contributed by atoms with van der Waals surface area (Å²) in [4.78, 5) is 2.63. The number of benzene rings is 2. The van der Waals surface area contributed by atoms with Gasteiger partial charge in [0.25, 0.3) is 0 Å². The van der Waals surface area contributed by atoms with Gasteiger partial charge in [-0.1, -0.05) is 17.7 Å². The quantitative estimate of drug-likeness (QED) is 0.834. The smallest absolute Gasteiger partial charge is 0.0641 e. The minimum Gasteiger partial charge on any atom is -0.371 e. The van der Waals surface area contributed by atoms with Crippen LogP contribution in [0.4, 0.5) is 17.1 Å². The summed E-state index contributed by atoms with van der Waals surface area (Å²) < 4.78 is 0. The predicted octanol–water partition coefficient (Wildman–Crippen LogP) is 4.46. The largest absolute Gasteiger partial charge is 0.371 e. The Balaban J connectivity index is 1.58. The maximum absolute atomic E-state index is 6.41. The number of hydrogen-bond donors (Lipinski definition) is 2. The molecule has 2 N–H and O–H groups in total. The van der Waals surface area contributed by atoms with Crippen molar-refractivity contribution in [3.63, 3.8) is 0 Å². The first-order valence-corrected chi connectivity index (χ1v) is 9.72. The van der Waals surface area contributed by atoms with Crippen molar-refractivity contribution in [2.45, 2.75) is 25.7 Å². The van der Waals surface area contributed by atoms with Crippen LogP contribution in [0.5, 0.6) is 0 Å². The van der Waals surface area contributed by atoms with Crippen molar-refractivity contribution in [2.75, 3.05) is 36.4 Å². The molecule has 0 aromatic heterocycles. The zero-order valence-corrected chi connectivity index (χ0v) is 15.4. The molecule has 0 saturated carbocycles. The van der Waals surface area contributed by atoms with Crippen molar-refractivity contribution < 1.29 is 0 Å². The average molecular weight is 354 g/mol. The third kappa shape index (κ3) is 2.61. The van der Waals surface area contributed by atoms with Gasteiger partial charge in [0.15, 0.2) is 0 Å². The highest BCUT2D eigenvalue weighted by Gasteiger charge is 2.38. The third-order valence-electron chi connectivity index (χ3n) is 6.00. The second-order valence-electron chi connectivity index (χ2n) is 7.76. The molecule has 0 spiro atoms. The van der Waals surface area contributed by atoms with Crippen LogP contribution in [0.25, 0.3) is 0 Å². The first-order valence-electron chi connectivity index (χ1n) is 9.35. The lowest BCUT2D eigenvalue weighted by Gasteiger charge is -2.42. The Bertz CT molecular complexity index is 832. The molecule has 2 aromatic rings. The monoisotopic (exact) mass is 353 g/mol. The minimum atomic E-state index is 0.651. The van der Waals surface area contributed by atoms with E-state index in [0.717, 1.165) is 29.7 Å². The molecule has 0 radical (unpaired) electrons. The second kappa shape index (κ2) is 5.93. The molecule has 3 nitrogen and oxygen atoms in total. The summed E-state index contributed by atoms with van der Waals surface area (Å²) in [6, 6.07) is 10.9. The molecular formula is C21H24ClN3. The van der Waals surface area contributed by atoms with E-state index in [-0.39, 0.29) is 0 Å². The molecule has 3 heterocycles. The van der Waals surface area contributed by atoms with Crippen LogP contribution in [0.2, 0.25) is 5.02 Å². The first kappa shape index (κ1) is 15.5. The van der Waals surface area contributed by atoms with Gasteiger partial charge in [-0.2, -0.15) is 0 Å². The molecule has 1 fully saturated rings. The fraction of sp³-hybridized carbons (Fsp3) is 0.429. The highest BCUT2D eigenvalue weighted by Crippen LogP contribution is 2.46. The molecular weight excluding hydrogens is 330 g/mol. The molecule has 5 rings (SSSR count). The molecule has 3 aliphatic rings. The Hall–Kier alpha value is -1.71. The van der Waals surface area contributed by atoms with Gasteiger partial charge in [-0.05, 0) is 66.6 Å².